The van der Waals surface area contributed by atoms with Crippen LogP contribution >= 0.6 is 0 Å². The first-order valence-electron chi connectivity index (χ1n) is 9.31. The topological polar surface area (TPSA) is 81.8 Å². The molecule has 1 amide bonds. The van der Waals surface area contributed by atoms with Gasteiger partial charge >= 0.3 is 0 Å². The number of carbonyl (C=O) groups is 1. The number of aryl methyl sites for hydroxylation is 2. The minimum Gasteiger partial charge on any atom is -0.344 e. The lowest BCUT2D eigenvalue weighted by molar-refractivity contribution is -0.122. The Kier molecular flexibility index (Phi) is 4.95. The van der Waals surface area contributed by atoms with Gasteiger partial charge in [-0.25, -0.2) is 4.98 Å². The summed E-state index contributed by atoms with van der Waals surface area (Å²) in [6.07, 6.45) is 2.85. The Morgan fingerprint density at radius 3 is 2.48 bits per heavy atom. The zero-order valence-electron chi connectivity index (χ0n) is 16.2. The summed E-state index contributed by atoms with van der Waals surface area (Å²) in [5.41, 5.74) is 3.30. The molecule has 0 aliphatic rings. The van der Waals surface area contributed by atoms with Crippen molar-refractivity contribution in [3.8, 4) is 0 Å². The van der Waals surface area contributed by atoms with Crippen molar-refractivity contribution >= 4 is 16.9 Å². The standard InChI is InChI=1S/C22H21N5O2/c1-15-8-10-17(11-9-15)20(16-6-4-3-5-7-16)25-19(28)13-27-14-23-21-18(22(27)29)12-24-26(21)2/h3-12,14,20H,13H2,1-2H3,(H,25,28). The summed E-state index contributed by atoms with van der Waals surface area (Å²) >= 11 is 0. The average Bonchev–Trinajstić information content (AvgIpc) is 3.11. The maximum atomic E-state index is 12.8. The minimum absolute atomic E-state index is 0.119. The van der Waals surface area contributed by atoms with Gasteiger partial charge in [-0.15, -0.1) is 0 Å². The number of fused-ring (bicyclic) bond motifs is 1. The molecule has 0 saturated heterocycles. The molecule has 7 heteroatoms. The molecule has 0 bridgehead atoms. The molecule has 7 nitrogen and oxygen atoms in total. The Hall–Kier alpha value is -3.74. The van der Waals surface area contributed by atoms with Crippen LogP contribution in [-0.4, -0.2) is 25.2 Å². The van der Waals surface area contributed by atoms with Gasteiger partial charge in [0.2, 0.25) is 5.91 Å². The normalized spacial score (nSPS) is 12.1. The third-order valence-electron chi connectivity index (χ3n) is 4.88. The number of carbonyl (C=O) groups excluding carboxylic acids is 1. The highest BCUT2D eigenvalue weighted by atomic mass is 16.2. The molecule has 0 fully saturated rings. The van der Waals surface area contributed by atoms with Crippen molar-refractivity contribution < 1.29 is 4.79 Å². The van der Waals surface area contributed by atoms with Crippen LogP contribution in [0.3, 0.4) is 0 Å². The maximum absolute atomic E-state index is 12.8. The van der Waals surface area contributed by atoms with Crippen LogP contribution in [0.15, 0.2) is 71.9 Å². The third kappa shape index (κ3) is 3.80. The first-order valence-corrected chi connectivity index (χ1v) is 9.31. The summed E-state index contributed by atoms with van der Waals surface area (Å²) in [7, 11) is 1.72. The van der Waals surface area contributed by atoms with Gasteiger partial charge in [-0.1, -0.05) is 60.2 Å². The molecule has 1 N–H and O–H groups in total. The fourth-order valence-corrected chi connectivity index (χ4v) is 3.30. The molecule has 2 heterocycles. The first-order chi connectivity index (χ1) is 14.0. The van der Waals surface area contributed by atoms with Gasteiger partial charge in [-0.2, -0.15) is 5.10 Å². The predicted octanol–water partition coefficient (Wildman–Crippen LogP) is 2.34. The van der Waals surface area contributed by atoms with Gasteiger partial charge in [-0.05, 0) is 18.1 Å². The number of aromatic nitrogens is 4. The van der Waals surface area contributed by atoms with Gasteiger partial charge < -0.3 is 5.32 Å². The number of amides is 1. The van der Waals surface area contributed by atoms with Crippen molar-refractivity contribution in [1.82, 2.24) is 24.6 Å². The second-order valence-electron chi connectivity index (χ2n) is 7.00. The van der Waals surface area contributed by atoms with Crippen molar-refractivity contribution in [3.63, 3.8) is 0 Å². The van der Waals surface area contributed by atoms with E-state index in [1.165, 1.54) is 21.8 Å². The van der Waals surface area contributed by atoms with E-state index in [0.29, 0.717) is 11.0 Å². The lowest BCUT2D eigenvalue weighted by atomic mass is 9.98. The fraction of sp³-hybridized carbons (Fsp3) is 0.182. The van der Waals surface area contributed by atoms with E-state index in [-0.39, 0.29) is 24.1 Å². The Morgan fingerprint density at radius 2 is 1.76 bits per heavy atom. The molecule has 4 rings (SSSR count). The SMILES string of the molecule is Cc1ccc(C(NC(=O)Cn2cnc3c(cnn3C)c2=O)c2ccccc2)cc1. The van der Waals surface area contributed by atoms with E-state index >= 15 is 0 Å². The van der Waals surface area contributed by atoms with E-state index in [2.05, 4.69) is 15.4 Å². The van der Waals surface area contributed by atoms with Gasteiger partial charge in [0.25, 0.3) is 5.56 Å². The molecular formula is C22H21N5O2. The predicted molar refractivity (Wildman–Crippen MR) is 110 cm³/mol. The van der Waals surface area contributed by atoms with Crippen molar-refractivity contribution in [1.29, 1.82) is 0 Å². The summed E-state index contributed by atoms with van der Waals surface area (Å²) in [5.74, 6) is -0.272. The molecule has 1 atom stereocenters. The van der Waals surface area contributed by atoms with E-state index in [9.17, 15) is 9.59 Å². The van der Waals surface area contributed by atoms with Crippen LogP contribution in [0.25, 0.3) is 11.0 Å². The minimum atomic E-state index is -0.310. The lowest BCUT2D eigenvalue weighted by Gasteiger charge is -2.20. The molecule has 1 unspecified atom stereocenters. The van der Waals surface area contributed by atoms with Gasteiger partial charge in [0.1, 0.15) is 18.3 Å². The molecule has 0 aliphatic carbocycles. The highest BCUT2D eigenvalue weighted by Crippen LogP contribution is 2.22. The number of hydrogen-bond donors (Lipinski definition) is 1. The summed E-state index contributed by atoms with van der Waals surface area (Å²) in [5, 5.41) is 7.49. The summed E-state index contributed by atoms with van der Waals surface area (Å²) in [6.45, 7) is 1.90. The summed E-state index contributed by atoms with van der Waals surface area (Å²) in [4.78, 5) is 29.7. The second-order valence-corrected chi connectivity index (χ2v) is 7.00. The van der Waals surface area contributed by atoms with Crippen molar-refractivity contribution in [2.75, 3.05) is 0 Å². The lowest BCUT2D eigenvalue weighted by Crippen LogP contribution is -2.35. The fourth-order valence-electron chi connectivity index (χ4n) is 3.30. The van der Waals surface area contributed by atoms with E-state index < -0.39 is 0 Å². The summed E-state index contributed by atoms with van der Waals surface area (Å²) < 4.78 is 2.83. The van der Waals surface area contributed by atoms with Crippen molar-refractivity contribution in [2.45, 2.75) is 19.5 Å². The Labute approximate surface area is 167 Å². The van der Waals surface area contributed by atoms with Gasteiger partial charge in [-0.3, -0.25) is 18.8 Å². The third-order valence-corrected chi connectivity index (χ3v) is 4.88. The number of nitrogens with zero attached hydrogens (tertiary/aromatic N) is 4. The van der Waals surface area contributed by atoms with Gasteiger partial charge in [0, 0.05) is 7.05 Å². The molecule has 0 aliphatic heterocycles. The molecule has 146 valence electrons. The van der Waals surface area contributed by atoms with Gasteiger partial charge in [0.05, 0.1) is 12.2 Å². The number of nitrogens with one attached hydrogen (secondary N) is 1. The van der Waals surface area contributed by atoms with Crippen LogP contribution in [0.5, 0.6) is 0 Å². The van der Waals surface area contributed by atoms with Crippen LogP contribution in [0, 0.1) is 6.92 Å². The number of hydrogen-bond acceptors (Lipinski definition) is 4. The second kappa shape index (κ2) is 7.71. The maximum Gasteiger partial charge on any atom is 0.264 e. The highest BCUT2D eigenvalue weighted by molar-refractivity contribution is 5.78. The van der Waals surface area contributed by atoms with E-state index in [0.717, 1.165) is 16.7 Å². The number of benzene rings is 2. The molecule has 4 aromatic rings. The Bertz CT molecular complexity index is 1210. The van der Waals surface area contributed by atoms with Gasteiger partial charge in [0.15, 0.2) is 5.65 Å². The quantitative estimate of drug-likeness (QED) is 0.570. The van der Waals surface area contributed by atoms with Crippen LogP contribution in [0.2, 0.25) is 0 Å². The summed E-state index contributed by atoms with van der Waals surface area (Å²) in [6, 6.07) is 17.5. The molecule has 0 radical (unpaired) electrons. The van der Waals surface area contributed by atoms with E-state index in [4.69, 9.17) is 0 Å². The van der Waals surface area contributed by atoms with Crippen molar-refractivity contribution in [2.24, 2.45) is 7.05 Å². The zero-order chi connectivity index (χ0) is 20.4. The van der Waals surface area contributed by atoms with Crippen LogP contribution in [0.4, 0.5) is 0 Å². The Morgan fingerprint density at radius 1 is 1.07 bits per heavy atom. The van der Waals surface area contributed by atoms with E-state index in [1.807, 2.05) is 61.5 Å². The molecule has 0 saturated carbocycles. The van der Waals surface area contributed by atoms with E-state index in [1.54, 1.807) is 7.05 Å². The molecule has 0 spiro atoms. The molecular weight excluding hydrogens is 366 g/mol. The first kappa shape index (κ1) is 18.6. The molecule has 2 aromatic carbocycles. The average molecular weight is 387 g/mol. The molecule has 2 aromatic heterocycles. The smallest absolute Gasteiger partial charge is 0.264 e. The molecule has 29 heavy (non-hydrogen) atoms. The monoisotopic (exact) mass is 387 g/mol. The highest BCUT2D eigenvalue weighted by Gasteiger charge is 2.18. The number of rotatable bonds is 5. The van der Waals surface area contributed by atoms with Crippen LogP contribution < -0.4 is 10.9 Å². The largest absolute Gasteiger partial charge is 0.344 e. The van der Waals surface area contributed by atoms with Crippen LogP contribution in [-0.2, 0) is 18.4 Å². The van der Waals surface area contributed by atoms with Crippen LogP contribution in [0.1, 0.15) is 22.7 Å². The zero-order valence-corrected chi connectivity index (χ0v) is 16.2. The van der Waals surface area contributed by atoms with Crippen molar-refractivity contribution in [3.05, 3.63) is 94.2 Å². The Balaban J connectivity index is 1.61.